The van der Waals surface area contributed by atoms with Crippen LogP contribution in [0, 0.1) is 0 Å². The number of sulfonamides is 1. The van der Waals surface area contributed by atoms with Crippen LogP contribution in [0.15, 0.2) is 23.1 Å². The maximum absolute atomic E-state index is 13.2. The van der Waals surface area contributed by atoms with E-state index in [9.17, 15) is 18.0 Å². The molecule has 0 aliphatic carbocycles. The van der Waals surface area contributed by atoms with E-state index in [0.717, 1.165) is 4.31 Å². The van der Waals surface area contributed by atoms with Crippen LogP contribution in [0.4, 0.5) is 0 Å². The molecule has 0 radical (unpaired) electrons. The van der Waals surface area contributed by atoms with E-state index < -0.39 is 28.1 Å². The van der Waals surface area contributed by atoms with Gasteiger partial charge in [-0.1, -0.05) is 0 Å². The number of benzene rings is 1. The highest BCUT2D eigenvalue weighted by Crippen LogP contribution is 2.31. The van der Waals surface area contributed by atoms with Gasteiger partial charge in [-0.25, -0.2) is 8.42 Å². The Bertz CT molecular complexity index is 846. The number of carbonyl (C=O) groups excluding carboxylic acids is 2. The van der Waals surface area contributed by atoms with Crippen LogP contribution in [0.1, 0.15) is 12.8 Å². The second kappa shape index (κ2) is 11.1. The third kappa shape index (κ3) is 5.81. The third-order valence-corrected chi connectivity index (χ3v) is 6.26. The van der Waals surface area contributed by atoms with Crippen molar-refractivity contribution in [3.05, 3.63) is 18.2 Å². The van der Waals surface area contributed by atoms with Gasteiger partial charge in [-0.15, -0.1) is 0 Å². The van der Waals surface area contributed by atoms with Gasteiger partial charge in [0.05, 0.1) is 32.3 Å². The zero-order valence-corrected chi connectivity index (χ0v) is 17.7. The Morgan fingerprint density at radius 2 is 1.90 bits per heavy atom. The molecule has 0 spiro atoms. The summed E-state index contributed by atoms with van der Waals surface area (Å²) in [5.74, 6) is -1.12. The van der Waals surface area contributed by atoms with Gasteiger partial charge in [-0.2, -0.15) is 4.31 Å². The highest BCUT2D eigenvalue weighted by Gasteiger charge is 2.35. The smallest absolute Gasteiger partial charge is 0.309 e. The number of hydrogen-bond acceptors (Lipinski definition) is 8. The van der Waals surface area contributed by atoms with Crippen molar-refractivity contribution < 1.29 is 37.3 Å². The van der Waals surface area contributed by atoms with Crippen molar-refractivity contribution in [3.63, 3.8) is 0 Å². The molecule has 1 saturated heterocycles. The molecule has 2 rings (SSSR count). The van der Waals surface area contributed by atoms with E-state index in [1.165, 1.54) is 32.4 Å². The molecule has 1 unspecified atom stereocenters. The number of carbonyl (C=O) groups is 2. The molecule has 0 bridgehead atoms. The van der Waals surface area contributed by atoms with Gasteiger partial charge in [-0.3, -0.25) is 9.59 Å². The lowest BCUT2D eigenvalue weighted by Crippen LogP contribution is -2.53. The molecule has 1 aromatic carbocycles. The van der Waals surface area contributed by atoms with Crippen LogP contribution in [0.25, 0.3) is 0 Å². The first-order chi connectivity index (χ1) is 14.3. The summed E-state index contributed by atoms with van der Waals surface area (Å²) in [6, 6.07) is 4.24. The number of aliphatic hydroxyl groups is 1. The van der Waals surface area contributed by atoms with E-state index in [1.54, 1.807) is 0 Å². The normalized spacial score (nSPS) is 17.2. The number of nitrogens with one attached hydrogen (secondary N) is 2. The van der Waals surface area contributed by atoms with Gasteiger partial charge in [0.2, 0.25) is 10.0 Å². The third-order valence-electron chi connectivity index (χ3n) is 4.38. The molecule has 1 aromatic rings. The van der Waals surface area contributed by atoms with Gasteiger partial charge in [0.15, 0.2) is 11.5 Å². The molecule has 12 heteroatoms. The summed E-state index contributed by atoms with van der Waals surface area (Å²) in [5, 5.41) is 13.4. The topological polar surface area (TPSA) is 143 Å². The van der Waals surface area contributed by atoms with Gasteiger partial charge in [0, 0.05) is 25.8 Å². The molecule has 1 heterocycles. The van der Waals surface area contributed by atoms with E-state index in [0.29, 0.717) is 25.2 Å². The summed E-state index contributed by atoms with van der Waals surface area (Å²) in [5.41, 5.74) is 0. The Morgan fingerprint density at radius 1 is 1.20 bits per heavy atom. The van der Waals surface area contributed by atoms with Crippen LogP contribution in [-0.2, 0) is 24.3 Å². The lowest BCUT2D eigenvalue weighted by Gasteiger charge is -2.34. The Balaban J connectivity index is 2.11. The summed E-state index contributed by atoms with van der Waals surface area (Å²) in [6.07, 6.45) is -0.160. The highest BCUT2D eigenvalue weighted by atomic mass is 32.2. The Kier molecular flexibility index (Phi) is 8.84. The molecule has 0 aromatic heterocycles. The van der Waals surface area contributed by atoms with Crippen molar-refractivity contribution >= 4 is 21.8 Å². The Morgan fingerprint density at radius 3 is 2.57 bits per heavy atom. The molecular formula is C18H27N3O8S. The number of aliphatic hydroxyl groups excluding tert-OH is 1. The van der Waals surface area contributed by atoms with Crippen LogP contribution in [0.2, 0.25) is 0 Å². The van der Waals surface area contributed by atoms with E-state index in [4.69, 9.17) is 19.3 Å². The molecule has 1 aliphatic heterocycles. The lowest BCUT2D eigenvalue weighted by molar-refractivity contribution is -0.140. The van der Waals surface area contributed by atoms with Crippen molar-refractivity contribution in [2.24, 2.45) is 0 Å². The maximum atomic E-state index is 13.2. The number of hydrogen-bond donors (Lipinski definition) is 3. The summed E-state index contributed by atoms with van der Waals surface area (Å²) in [4.78, 5) is 23.6. The van der Waals surface area contributed by atoms with E-state index in [2.05, 4.69) is 10.6 Å². The van der Waals surface area contributed by atoms with Gasteiger partial charge in [0.1, 0.15) is 6.23 Å². The number of ether oxygens (including phenoxy) is 3. The largest absolute Gasteiger partial charge is 0.493 e. The standard InChI is InChI=1S/C18H27N3O8S/c1-27-14-6-5-13(11-15(14)28-2)30(25,26)21-8-4-10-29-16(21)12-20-18(24)17(23)19-7-3-9-22/h5-6,11,16,22H,3-4,7-10,12H2,1-2H3,(H,19,23)(H,20,24). The van der Waals surface area contributed by atoms with Crippen LogP contribution >= 0.6 is 0 Å². The van der Waals surface area contributed by atoms with E-state index >= 15 is 0 Å². The van der Waals surface area contributed by atoms with Crippen molar-refractivity contribution in [2.45, 2.75) is 24.0 Å². The Hall–Kier alpha value is -2.41. The summed E-state index contributed by atoms with van der Waals surface area (Å²) >= 11 is 0. The minimum atomic E-state index is -3.96. The fourth-order valence-corrected chi connectivity index (χ4v) is 4.42. The first-order valence-electron chi connectivity index (χ1n) is 9.37. The van der Waals surface area contributed by atoms with Crippen molar-refractivity contribution in [1.82, 2.24) is 14.9 Å². The zero-order valence-electron chi connectivity index (χ0n) is 16.9. The second-order valence-electron chi connectivity index (χ2n) is 6.35. The van der Waals surface area contributed by atoms with Gasteiger partial charge < -0.3 is 30.0 Å². The molecule has 30 heavy (non-hydrogen) atoms. The minimum Gasteiger partial charge on any atom is -0.493 e. The molecule has 1 aliphatic rings. The number of nitrogens with zero attached hydrogens (tertiary/aromatic N) is 1. The quantitative estimate of drug-likeness (QED) is 0.326. The van der Waals surface area contributed by atoms with E-state index in [1.807, 2.05) is 0 Å². The SMILES string of the molecule is COc1ccc(S(=O)(=O)N2CCCOC2CNC(=O)C(=O)NCCCO)cc1OC. The fraction of sp³-hybridized carbons (Fsp3) is 0.556. The number of rotatable bonds is 9. The first-order valence-corrected chi connectivity index (χ1v) is 10.8. The molecular weight excluding hydrogens is 418 g/mol. The minimum absolute atomic E-state index is 0.0104. The molecule has 0 saturated carbocycles. The van der Waals surface area contributed by atoms with Crippen molar-refractivity contribution in [3.8, 4) is 11.5 Å². The zero-order chi connectivity index (χ0) is 22.1. The predicted molar refractivity (Wildman–Crippen MR) is 106 cm³/mol. The summed E-state index contributed by atoms with van der Waals surface area (Å²) in [7, 11) is -1.11. The molecule has 168 valence electrons. The number of methoxy groups -OCH3 is 2. The maximum Gasteiger partial charge on any atom is 0.309 e. The van der Waals surface area contributed by atoms with Crippen molar-refractivity contribution in [1.29, 1.82) is 0 Å². The second-order valence-corrected chi connectivity index (χ2v) is 8.25. The highest BCUT2D eigenvalue weighted by molar-refractivity contribution is 7.89. The molecule has 3 N–H and O–H groups in total. The van der Waals surface area contributed by atoms with Gasteiger partial charge in [-0.05, 0) is 25.0 Å². The van der Waals surface area contributed by atoms with Crippen LogP contribution in [-0.4, -0.2) is 82.9 Å². The first kappa shape index (κ1) is 23.9. The molecule has 2 amide bonds. The lowest BCUT2D eigenvalue weighted by atomic mass is 10.3. The predicted octanol–water partition coefficient (Wildman–Crippen LogP) is -0.944. The monoisotopic (exact) mass is 445 g/mol. The molecule has 1 fully saturated rings. The number of amides is 2. The summed E-state index contributed by atoms with van der Waals surface area (Å²) in [6.45, 7) is 0.364. The average Bonchev–Trinajstić information content (AvgIpc) is 2.77. The fourth-order valence-electron chi connectivity index (χ4n) is 2.84. The Labute approximate surface area is 175 Å². The molecule has 11 nitrogen and oxygen atoms in total. The van der Waals surface area contributed by atoms with Crippen LogP contribution in [0.5, 0.6) is 11.5 Å². The average molecular weight is 445 g/mol. The van der Waals surface area contributed by atoms with Crippen LogP contribution < -0.4 is 20.1 Å². The van der Waals surface area contributed by atoms with Crippen LogP contribution in [0.3, 0.4) is 0 Å². The van der Waals surface area contributed by atoms with Gasteiger partial charge >= 0.3 is 11.8 Å². The van der Waals surface area contributed by atoms with Gasteiger partial charge in [0.25, 0.3) is 0 Å². The van der Waals surface area contributed by atoms with Crippen molar-refractivity contribution in [2.75, 3.05) is 47.1 Å². The summed E-state index contributed by atoms with van der Waals surface area (Å²) < 4.78 is 43.3. The van der Waals surface area contributed by atoms with E-state index in [-0.39, 0.29) is 36.9 Å². The molecule has 1 atom stereocenters.